The number of hydrogen-bond donors (Lipinski definition) is 3. The number of hydrogen-bond acceptors (Lipinski definition) is 5. The highest BCUT2D eigenvalue weighted by molar-refractivity contribution is 5.92. The molecule has 1 heterocycles. The number of aliphatic hydroxyl groups excluding tert-OH is 1. The molecule has 3 N–H and O–H groups in total. The Kier molecular flexibility index (Phi) is 6.37. The first-order chi connectivity index (χ1) is 14.6. The molecule has 162 valence electrons. The highest BCUT2D eigenvalue weighted by Crippen LogP contribution is 2.40. The largest absolute Gasteiger partial charge is 0.507 e. The standard InChI is InChI=1S/C26H28O5/c1-14(2)6-11-18-23(28)19(12-21(27)15(3)4)26-22(24(18)29)25(30)20(13-31-26)17-9-7-16(5)8-10-17/h6-10,13,21,27-29H,3,11-12H2,1-2,4-5H3. The lowest BCUT2D eigenvalue weighted by molar-refractivity contribution is 0.210. The Bertz CT molecular complexity index is 1230. The Morgan fingerprint density at radius 2 is 1.74 bits per heavy atom. The predicted molar refractivity (Wildman–Crippen MR) is 124 cm³/mol. The zero-order valence-corrected chi connectivity index (χ0v) is 18.3. The molecule has 1 atom stereocenters. The van der Waals surface area contributed by atoms with Crippen LogP contribution in [0.5, 0.6) is 11.5 Å². The van der Waals surface area contributed by atoms with E-state index >= 15 is 0 Å². The van der Waals surface area contributed by atoms with Gasteiger partial charge in [-0.25, -0.2) is 0 Å². The highest BCUT2D eigenvalue weighted by atomic mass is 16.3. The second kappa shape index (κ2) is 8.82. The molecule has 0 saturated heterocycles. The first-order valence-corrected chi connectivity index (χ1v) is 10.2. The van der Waals surface area contributed by atoms with E-state index in [1.165, 1.54) is 6.26 Å². The fourth-order valence-corrected chi connectivity index (χ4v) is 3.45. The smallest absolute Gasteiger partial charge is 0.204 e. The molecule has 0 aliphatic rings. The third-order valence-electron chi connectivity index (χ3n) is 5.41. The van der Waals surface area contributed by atoms with Crippen LogP contribution in [0, 0.1) is 6.92 Å². The second-order valence-corrected chi connectivity index (χ2v) is 8.25. The normalized spacial score (nSPS) is 12.0. The number of phenolic OH excluding ortho intramolecular Hbond substituents is 2. The Balaban J connectivity index is 2.35. The molecule has 0 bridgehead atoms. The van der Waals surface area contributed by atoms with Gasteiger partial charge in [-0.1, -0.05) is 53.6 Å². The van der Waals surface area contributed by atoms with Crippen LogP contribution in [-0.4, -0.2) is 21.4 Å². The summed E-state index contributed by atoms with van der Waals surface area (Å²) < 4.78 is 5.79. The summed E-state index contributed by atoms with van der Waals surface area (Å²) in [7, 11) is 0. The van der Waals surface area contributed by atoms with Gasteiger partial charge in [0.05, 0.1) is 11.7 Å². The van der Waals surface area contributed by atoms with Crippen molar-refractivity contribution in [1.29, 1.82) is 0 Å². The predicted octanol–water partition coefficient (Wildman–Crippen LogP) is 5.17. The van der Waals surface area contributed by atoms with E-state index in [0.717, 1.165) is 11.1 Å². The van der Waals surface area contributed by atoms with Crippen molar-refractivity contribution < 1.29 is 19.7 Å². The SMILES string of the molecule is C=C(C)C(O)Cc1c(O)c(CC=C(C)C)c(O)c2c(=O)c(-c3ccc(C)cc3)coc12. The van der Waals surface area contributed by atoms with Crippen molar-refractivity contribution in [2.75, 3.05) is 0 Å². The van der Waals surface area contributed by atoms with Crippen LogP contribution in [0.15, 0.2) is 63.5 Å². The van der Waals surface area contributed by atoms with Crippen molar-refractivity contribution in [3.63, 3.8) is 0 Å². The average molecular weight is 421 g/mol. The van der Waals surface area contributed by atoms with Crippen LogP contribution in [0.3, 0.4) is 0 Å². The summed E-state index contributed by atoms with van der Waals surface area (Å²) in [6.45, 7) is 11.2. The molecule has 0 fully saturated rings. The summed E-state index contributed by atoms with van der Waals surface area (Å²) >= 11 is 0. The Morgan fingerprint density at radius 3 is 2.32 bits per heavy atom. The minimum Gasteiger partial charge on any atom is -0.507 e. The molecule has 0 aliphatic carbocycles. The van der Waals surface area contributed by atoms with E-state index < -0.39 is 11.5 Å². The molecule has 1 aromatic heterocycles. The van der Waals surface area contributed by atoms with Crippen LogP contribution < -0.4 is 5.43 Å². The number of benzene rings is 2. The molecule has 0 saturated carbocycles. The van der Waals surface area contributed by atoms with Crippen molar-refractivity contribution >= 4 is 11.0 Å². The molecule has 3 aromatic rings. The van der Waals surface area contributed by atoms with Crippen LogP contribution in [0.2, 0.25) is 0 Å². The van der Waals surface area contributed by atoms with E-state index in [1.807, 2.05) is 51.1 Å². The quantitative estimate of drug-likeness (QED) is 0.479. The van der Waals surface area contributed by atoms with Gasteiger partial charge < -0.3 is 19.7 Å². The first-order valence-electron chi connectivity index (χ1n) is 10.2. The molecule has 5 heteroatoms. The maximum atomic E-state index is 13.4. The van der Waals surface area contributed by atoms with E-state index in [-0.39, 0.29) is 46.4 Å². The summed E-state index contributed by atoms with van der Waals surface area (Å²) in [6, 6.07) is 7.43. The topological polar surface area (TPSA) is 90.9 Å². The average Bonchev–Trinajstić information content (AvgIpc) is 2.71. The maximum absolute atomic E-state index is 13.4. The van der Waals surface area contributed by atoms with Gasteiger partial charge in [0.2, 0.25) is 5.43 Å². The summed E-state index contributed by atoms with van der Waals surface area (Å²) in [4.78, 5) is 13.4. The molecule has 2 aromatic carbocycles. The summed E-state index contributed by atoms with van der Waals surface area (Å²) in [5, 5.41) is 32.3. The summed E-state index contributed by atoms with van der Waals surface area (Å²) in [5.41, 5.74) is 3.73. The minimum absolute atomic E-state index is 0.00283. The first kappa shape index (κ1) is 22.4. The fraction of sp³-hybridized carbons (Fsp3) is 0.269. The van der Waals surface area contributed by atoms with Gasteiger partial charge in [0.1, 0.15) is 28.7 Å². The van der Waals surface area contributed by atoms with E-state index in [4.69, 9.17) is 4.42 Å². The lowest BCUT2D eigenvalue weighted by Gasteiger charge is -2.17. The minimum atomic E-state index is -0.933. The molecule has 5 nitrogen and oxygen atoms in total. The molecular weight excluding hydrogens is 392 g/mol. The van der Waals surface area contributed by atoms with Crippen molar-refractivity contribution in [2.45, 2.75) is 46.6 Å². The number of allylic oxidation sites excluding steroid dienone is 2. The Hall–Kier alpha value is -3.31. The molecule has 1 unspecified atom stereocenters. The fourth-order valence-electron chi connectivity index (χ4n) is 3.45. The molecule has 0 amide bonds. The maximum Gasteiger partial charge on any atom is 0.204 e. The third kappa shape index (κ3) is 4.42. The zero-order valence-electron chi connectivity index (χ0n) is 18.3. The number of rotatable bonds is 6. The molecular formula is C26H28O5. The molecule has 31 heavy (non-hydrogen) atoms. The number of aryl methyl sites for hydroxylation is 1. The number of phenols is 2. The molecule has 0 radical (unpaired) electrons. The number of aromatic hydroxyl groups is 2. The number of fused-ring (bicyclic) bond motifs is 1. The zero-order chi connectivity index (χ0) is 22.9. The van der Waals surface area contributed by atoms with Crippen LogP contribution in [0.25, 0.3) is 22.1 Å². The lowest BCUT2D eigenvalue weighted by Crippen LogP contribution is -2.14. The third-order valence-corrected chi connectivity index (χ3v) is 5.41. The molecule has 0 aliphatic heterocycles. The van der Waals surface area contributed by atoms with Crippen molar-refractivity contribution in [3.05, 3.63) is 81.2 Å². The number of aliphatic hydroxyl groups is 1. The van der Waals surface area contributed by atoms with Gasteiger partial charge >= 0.3 is 0 Å². The van der Waals surface area contributed by atoms with Gasteiger partial charge in [0, 0.05) is 17.5 Å². The van der Waals surface area contributed by atoms with Crippen molar-refractivity contribution in [2.24, 2.45) is 0 Å². The van der Waals surface area contributed by atoms with E-state index in [1.54, 1.807) is 6.92 Å². The van der Waals surface area contributed by atoms with Crippen molar-refractivity contribution in [1.82, 2.24) is 0 Å². The van der Waals surface area contributed by atoms with Gasteiger partial charge in [-0.15, -0.1) is 0 Å². The summed E-state index contributed by atoms with van der Waals surface area (Å²) in [5.74, 6) is -0.490. The van der Waals surface area contributed by atoms with E-state index in [0.29, 0.717) is 16.7 Å². The monoisotopic (exact) mass is 420 g/mol. The van der Waals surface area contributed by atoms with E-state index in [2.05, 4.69) is 6.58 Å². The van der Waals surface area contributed by atoms with Gasteiger partial charge in [-0.2, -0.15) is 0 Å². The van der Waals surface area contributed by atoms with Crippen LogP contribution in [-0.2, 0) is 12.8 Å². The Morgan fingerprint density at radius 1 is 1.10 bits per heavy atom. The molecule has 0 spiro atoms. The van der Waals surface area contributed by atoms with Gasteiger partial charge in [-0.3, -0.25) is 4.79 Å². The van der Waals surface area contributed by atoms with Crippen LogP contribution >= 0.6 is 0 Å². The van der Waals surface area contributed by atoms with Crippen LogP contribution in [0.1, 0.15) is 37.5 Å². The van der Waals surface area contributed by atoms with Crippen molar-refractivity contribution in [3.8, 4) is 22.6 Å². The van der Waals surface area contributed by atoms with Gasteiger partial charge in [-0.05, 0) is 39.7 Å². The van der Waals surface area contributed by atoms with Gasteiger partial charge in [0.15, 0.2) is 0 Å². The summed E-state index contributed by atoms with van der Waals surface area (Å²) in [6.07, 6.45) is 2.50. The van der Waals surface area contributed by atoms with Crippen LogP contribution in [0.4, 0.5) is 0 Å². The van der Waals surface area contributed by atoms with E-state index in [9.17, 15) is 20.1 Å². The Labute approximate surface area is 181 Å². The second-order valence-electron chi connectivity index (χ2n) is 8.25. The highest BCUT2D eigenvalue weighted by Gasteiger charge is 2.25. The van der Waals surface area contributed by atoms with Gasteiger partial charge in [0.25, 0.3) is 0 Å². The molecule has 3 rings (SSSR count). The lowest BCUT2D eigenvalue weighted by atomic mass is 9.93.